The molecular formula is C18H28N4O. The Labute approximate surface area is 138 Å². The van der Waals surface area contributed by atoms with Crippen molar-refractivity contribution >= 4 is 5.96 Å². The van der Waals surface area contributed by atoms with Crippen molar-refractivity contribution in [3.8, 4) is 0 Å². The van der Waals surface area contributed by atoms with Gasteiger partial charge in [0.05, 0.1) is 6.10 Å². The summed E-state index contributed by atoms with van der Waals surface area (Å²) in [5, 5.41) is 7.00. The molecule has 2 fully saturated rings. The van der Waals surface area contributed by atoms with Gasteiger partial charge in [0, 0.05) is 55.4 Å². The van der Waals surface area contributed by atoms with Gasteiger partial charge in [-0.3, -0.25) is 9.98 Å². The highest BCUT2D eigenvalue weighted by atomic mass is 16.5. The zero-order valence-corrected chi connectivity index (χ0v) is 14.4. The minimum atomic E-state index is 0.165. The molecule has 5 nitrogen and oxygen atoms in total. The maximum Gasteiger partial charge on any atom is 0.191 e. The number of ether oxygens (including phenoxy) is 1. The highest BCUT2D eigenvalue weighted by Gasteiger charge is 2.59. The van der Waals surface area contributed by atoms with Gasteiger partial charge in [0.15, 0.2) is 5.96 Å². The van der Waals surface area contributed by atoms with Crippen molar-refractivity contribution < 1.29 is 4.74 Å². The lowest BCUT2D eigenvalue weighted by Crippen LogP contribution is -2.68. The van der Waals surface area contributed by atoms with Crippen molar-refractivity contribution in [1.82, 2.24) is 15.6 Å². The molecule has 1 aliphatic carbocycles. The van der Waals surface area contributed by atoms with Crippen molar-refractivity contribution in [1.29, 1.82) is 0 Å². The largest absolute Gasteiger partial charge is 0.377 e. The Kier molecular flexibility index (Phi) is 4.85. The van der Waals surface area contributed by atoms with E-state index < -0.39 is 0 Å². The van der Waals surface area contributed by atoms with Gasteiger partial charge in [0.1, 0.15) is 0 Å². The van der Waals surface area contributed by atoms with Crippen LogP contribution in [0.5, 0.6) is 0 Å². The number of hydrogen-bond donors (Lipinski definition) is 2. The van der Waals surface area contributed by atoms with Crippen LogP contribution in [0.4, 0.5) is 0 Å². The number of nitrogens with zero attached hydrogens (tertiary/aromatic N) is 2. The number of pyridine rings is 1. The third-order valence-corrected chi connectivity index (χ3v) is 5.10. The number of rotatable bonds is 5. The number of nitrogens with one attached hydrogen (secondary N) is 2. The molecular weight excluding hydrogens is 288 g/mol. The van der Waals surface area contributed by atoms with E-state index in [4.69, 9.17) is 9.73 Å². The van der Waals surface area contributed by atoms with Crippen LogP contribution in [0.1, 0.15) is 32.9 Å². The first-order valence-electron chi connectivity index (χ1n) is 8.69. The maximum atomic E-state index is 5.87. The normalized spacial score (nSPS) is 28.8. The molecule has 0 spiro atoms. The van der Waals surface area contributed by atoms with Gasteiger partial charge in [-0.05, 0) is 25.5 Å². The molecule has 1 saturated heterocycles. The van der Waals surface area contributed by atoms with E-state index in [-0.39, 0.29) is 5.41 Å². The van der Waals surface area contributed by atoms with Gasteiger partial charge in [-0.25, -0.2) is 0 Å². The average Bonchev–Trinajstić information content (AvgIpc) is 3.00. The lowest BCUT2D eigenvalue weighted by molar-refractivity contribution is -0.106. The van der Waals surface area contributed by atoms with Crippen LogP contribution in [-0.2, 0) is 11.2 Å². The molecule has 1 aromatic heterocycles. The highest BCUT2D eigenvalue weighted by molar-refractivity contribution is 5.80. The number of aromatic nitrogens is 1. The minimum absolute atomic E-state index is 0.165. The van der Waals surface area contributed by atoms with E-state index in [1.165, 1.54) is 0 Å². The van der Waals surface area contributed by atoms with E-state index in [0.717, 1.165) is 44.2 Å². The summed E-state index contributed by atoms with van der Waals surface area (Å²) in [6.45, 7) is 9.17. The standard InChI is InChI=1S/C18H28N4O/c1-4-19-17(21-11-8-13-7-5-6-10-20-13)22-15-14-9-12-23-16(14)18(15,2)3/h5-7,10,14-16H,4,8-9,11-12H2,1-3H3,(H2,19,21,22). The smallest absolute Gasteiger partial charge is 0.191 e. The Hall–Kier alpha value is -1.62. The summed E-state index contributed by atoms with van der Waals surface area (Å²) >= 11 is 0. The van der Waals surface area contributed by atoms with Crippen LogP contribution in [0.2, 0.25) is 0 Å². The molecule has 0 bridgehead atoms. The average molecular weight is 316 g/mol. The molecule has 2 heterocycles. The second kappa shape index (κ2) is 6.87. The van der Waals surface area contributed by atoms with Crippen LogP contribution in [0, 0.1) is 11.3 Å². The molecule has 3 unspecified atom stereocenters. The van der Waals surface area contributed by atoms with E-state index in [0.29, 0.717) is 18.1 Å². The zero-order chi connectivity index (χ0) is 16.3. The maximum absolute atomic E-state index is 5.87. The third-order valence-electron chi connectivity index (χ3n) is 5.10. The fourth-order valence-corrected chi connectivity index (χ4v) is 3.91. The van der Waals surface area contributed by atoms with Gasteiger partial charge in [-0.2, -0.15) is 0 Å². The number of guanidine groups is 1. The van der Waals surface area contributed by atoms with Gasteiger partial charge in [-0.15, -0.1) is 0 Å². The van der Waals surface area contributed by atoms with E-state index >= 15 is 0 Å². The monoisotopic (exact) mass is 316 g/mol. The molecule has 2 N–H and O–H groups in total. The third kappa shape index (κ3) is 3.34. The molecule has 3 atom stereocenters. The Morgan fingerprint density at radius 2 is 2.30 bits per heavy atom. The Morgan fingerprint density at radius 1 is 1.43 bits per heavy atom. The number of aliphatic imine (C=N–C) groups is 1. The van der Waals surface area contributed by atoms with E-state index in [2.05, 4.69) is 36.4 Å². The summed E-state index contributed by atoms with van der Waals surface area (Å²) in [4.78, 5) is 9.07. The van der Waals surface area contributed by atoms with Crippen molar-refractivity contribution in [3.63, 3.8) is 0 Å². The molecule has 2 aliphatic rings. The predicted octanol–water partition coefficient (Wildman–Crippen LogP) is 1.99. The fraction of sp³-hybridized carbons (Fsp3) is 0.667. The molecule has 0 radical (unpaired) electrons. The number of fused-ring (bicyclic) bond motifs is 1. The zero-order valence-electron chi connectivity index (χ0n) is 14.4. The first-order chi connectivity index (χ1) is 11.1. The molecule has 0 aromatic carbocycles. The second-order valence-corrected chi connectivity index (χ2v) is 7.02. The highest BCUT2D eigenvalue weighted by Crippen LogP contribution is 2.52. The van der Waals surface area contributed by atoms with E-state index in [1.54, 1.807) is 0 Å². The summed E-state index contributed by atoms with van der Waals surface area (Å²) in [5.74, 6) is 1.52. The second-order valence-electron chi connectivity index (χ2n) is 7.02. The quantitative estimate of drug-likeness (QED) is 0.644. The Bertz CT molecular complexity index is 543. The van der Waals surface area contributed by atoms with E-state index in [1.807, 2.05) is 24.4 Å². The predicted molar refractivity (Wildman–Crippen MR) is 92.5 cm³/mol. The fourth-order valence-electron chi connectivity index (χ4n) is 3.91. The Balaban J connectivity index is 1.59. The topological polar surface area (TPSA) is 58.5 Å². The van der Waals surface area contributed by atoms with Crippen LogP contribution in [0.3, 0.4) is 0 Å². The summed E-state index contributed by atoms with van der Waals surface area (Å²) in [7, 11) is 0. The molecule has 1 aliphatic heterocycles. The van der Waals surface area contributed by atoms with Crippen LogP contribution < -0.4 is 10.6 Å². The molecule has 0 amide bonds. The summed E-state index contributed by atoms with van der Waals surface area (Å²) in [6.07, 6.45) is 4.25. The Morgan fingerprint density at radius 3 is 3.04 bits per heavy atom. The molecule has 3 rings (SSSR count). The lowest BCUT2D eigenvalue weighted by atomic mass is 9.57. The van der Waals surface area contributed by atoms with Gasteiger partial charge >= 0.3 is 0 Å². The van der Waals surface area contributed by atoms with Gasteiger partial charge in [0.2, 0.25) is 0 Å². The van der Waals surface area contributed by atoms with Gasteiger partial charge in [0.25, 0.3) is 0 Å². The number of hydrogen-bond acceptors (Lipinski definition) is 3. The molecule has 5 heteroatoms. The van der Waals surface area contributed by atoms with Crippen LogP contribution in [-0.4, -0.2) is 42.8 Å². The molecule has 126 valence electrons. The van der Waals surface area contributed by atoms with Gasteiger partial charge < -0.3 is 15.4 Å². The molecule has 23 heavy (non-hydrogen) atoms. The van der Waals surface area contributed by atoms with Crippen molar-refractivity contribution in [2.24, 2.45) is 16.3 Å². The van der Waals surface area contributed by atoms with Crippen molar-refractivity contribution in [2.75, 3.05) is 19.7 Å². The molecule has 1 aromatic rings. The summed E-state index contributed by atoms with van der Waals surface area (Å²) in [5.41, 5.74) is 1.25. The van der Waals surface area contributed by atoms with Crippen LogP contribution in [0.25, 0.3) is 0 Å². The van der Waals surface area contributed by atoms with Crippen LogP contribution >= 0.6 is 0 Å². The van der Waals surface area contributed by atoms with Crippen LogP contribution in [0.15, 0.2) is 29.4 Å². The summed E-state index contributed by atoms with van der Waals surface area (Å²) in [6, 6.07) is 6.44. The summed E-state index contributed by atoms with van der Waals surface area (Å²) < 4.78 is 5.87. The van der Waals surface area contributed by atoms with Crippen molar-refractivity contribution in [2.45, 2.75) is 45.8 Å². The SMILES string of the molecule is CCNC(=NCCc1ccccn1)NC1C2CCOC2C1(C)C. The molecule has 1 saturated carbocycles. The first kappa shape index (κ1) is 16.2. The lowest BCUT2D eigenvalue weighted by Gasteiger charge is -2.54. The first-order valence-corrected chi connectivity index (χ1v) is 8.69. The van der Waals surface area contributed by atoms with Gasteiger partial charge in [-0.1, -0.05) is 19.9 Å². The minimum Gasteiger partial charge on any atom is -0.377 e. The van der Waals surface area contributed by atoms with Crippen molar-refractivity contribution in [3.05, 3.63) is 30.1 Å². The van der Waals surface area contributed by atoms with E-state index in [9.17, 15) is 0 Å².